The Morgan fingerprint density at radius 3 is 1.55 bits per heavy atom. The second kappa shape index (κ2) is 31.8. The first-order valence-corrected chi connectivity index (χ1v) is 19.4. The molecule has 0 rings (SSSR count). The molecule has 0 aromatic rings. The maximum atomic E-state index is 12.4. The normalized spacial score (nSPS) is 13.6. The van der Waals surface area contributed by atoms with E-state index in [0.717, 1.165) is 64.9 Å². The molecule has 1 N–H and O–H groups in total. The van der Waals surface area contributed by atoms with Crippen LogP contribution in [0.15, 0.2) is 12.2 Å². The van der Waals surface area contributed by atoms with Gasteiger partial charge in [-0.1, -0.05) is 142 Å². The van der Waals surface area contributed by atoms with Gasteiger partial charge in [0.2, 0.25) is 0 Å². The van der Waals surface area contributed by atoms with Crippen LogP contribution in [0.2, 0.25) is 0 Å². The fourth-order valence-electron chi connectivity index (χ4n) is 4.93. The average molecular weight is 647 g/mol. The summed E-state index contributed by atoms with van der Waals surface area (Å²) in [5, 5.41) is 0. The molecule has 0 radical (unpaired) electrons. The molecule has 2 atom stereocenters. The standard InChI is InChI=1S/C35H67O8P/c1-4-6-8-10-12-14-16-17-18-20-21-23-25-27-29-34(36)41-31-33(32-42-44(38,39)40-3)43-35(37)30-28-26-24-22-19-15-13-11-9-7-5-2/h11,13,33H,4-10,12,14-32H2,1-3H3,(H,38,39)/b13-11-. The third kappa shape index (κ3) is 30.8. The lowest BCUT2D eigenvalue weighted by Gasteiger charge is -2.19. The van der Waals surface area contributed by atoms with Crippen LogP contribution in [0.25, 0.3) is 0 Å². The number of rotatable bonds is 33. The highest BCUT2D eigenvalue weighted by Gasteiger charge is 2.24. The molecule has 0 amide bonds. The molecule has 0 spiro atoms. The molecular formula is C35H67O8P. The molecule has 0 aromatic heterocycles. The van der Waals surface area contributed by atoms with Crippen LogP contribution in [0.5, 0.6) is 0 Å². The van der Waals surface area contributed by atoms with Gasteiger partial charge in [0.15, 0.2) is 6.10 Å². The maximum absolute atomic E-state index is 12.4. The van der Waals surface area contributed by atoms with Crippen molar-refractivity contribution in [1.82, 2.24) is 0 Å². The van der Waals surface area contributed by atoms with Crippen molar-refractivity contribution in [2.75, 3.05) is 20.3 Å². The Morgan fingerprint density at radius 1 is 0.614 bits per heavy atom. The summed E-state index contributed by atoms with van der Waals surface area (Å²) in [5.74, 6) is -0.810. The van der Waals surface area contributed by atoms with Gasteiger partial charge in [0, 0.05) is 20.0 Å². The molecule has 0 saturated carbocycles. The van der Waals surface area contributed by atoms with Gasteiger partial charge in [0.1, 0.15) is 6.61 Å². The molecule has 260 valence electrons. The molecule has 0 heterocycles. The third-order valence-electron chi connectivity index (χ3n) is 7.76. The highest BCUT2D eigenvalue weighted by atomic mass is 31.2. The fourth-order valence-corrected chi connectivity index (χ4v) is 5.39. The summed E-state index contributed by atoms with van der Waals surface area (Å²) >= 11 is 0. The first-order valence-electron chi connectivity index (χ1n) is 17.9. The van der Waals surface area contributed by atoms with Crippen LogP contribution in [0.4, 0.5) is 0 Å². The molecule has 0 saturated heterocycles. The van der Waals surface area contributed by atoms with E-state index in [2.05, 4.69) is 30.5 Å². The SMILES string of the molecule is CCCC/C=C\CCCCCCCC(=O)OC(COC(=O)CCCCCCCCCCCCCCCC)COP(=O)(O)OC. The molecule has 9 heteroatoms. The maximum Gasteiger partial charge on any atom is 0.472 e. The predicted octanol–water partition coefficient (Wildman–Crippen LogP) is 10.6. The van der Waals surface area contributed by atoms with Gasteiger partial charge in [0.25, 0.3) is 0 Å². The predicted molar refractivity (Wildman–Crippen MR) is 180 cm³/mol. The molecule has 44 heavy (non-hydrogen) atoms. The fraction of sp³-hybridized carbons (Fsp3) is 0.886. The molecule has 0 bridgehead atoms. The summed E-state index contributed by atoms with van der Waals surface area (Å²) in [7, 11) is -3.19. The van der Waals surface area contributed by atoms with E-state index in [1.165, 1.54) is 83.5 Å². The van der Waals surface area contributed by atoms with Crippen LogP contribution in [0, 0.1) is 0 Å². The molecule has 0 fully saturated rings. The highest BCUT2D eigenvalue weighted by molar-refractivity contribution is 7.47. The summed E-state index contributed by atoms with van der Waals surface area (Å²) in [4.78, 5) is 34.2. The molecule has 0 aliphatic heterocycles. The van der Waals surface area contributed by atoms with Crippen LogP contribution >= 0.6 is 7.82 Å². The van der Waals surface area contributed by atoms with E-state index in [1.807, 2.05) is 0 Å². The van der Waals surface area contributed by atoms with Gasteiger partial charge in [-0.15, -0.1) is 0 Å². The van der Waals surface area contributed by atoms with Gasteiger partial charge in [-0.25, -0.2) is 4.57 Å². The van der Waals surface area contributed by atoms with Crippen LogP contribution in [-0.4, -0.2) is 43.3 Å². The minimum Gasteiger partial charge on any atom is -0.462 e. The quantitative estimate of drug-likeness (QED) is 0.0325. The number of hydrogen-bond donors (Lipinski definition) is 1. The minimum absolute atomic E-state index is 0.224. The molecular weight excluding hydrogens is 579 g/mol. The summed E-state index contributed by atoms with van der Waals surface area (Å²) in [6, 6.07) is 0. The van der Waals surface area contributed by atoms with Crippen LogP contribution in [0.3, 0.4) is 0 Å². The van der Waals surface area contributed by atoms with Crippen LogP contribution < -0.4 is 0 Å². The van der Waals surface area contributed by atoms with Crippen molar-refractivity contribution >= 4 is 19.8 Å². The van der Waals surface area contributed by atoms with E-state index in [4.69, 9.17) is 14.0 Å². The highest BCUT2D eigenvalue weighted by Crippen LogP contribution is 2.42. The Kier molecular flexibility index (Phi) is 30.9. The lowest BCUT2D eigenvalue weighted by molar-refractivity contribution is -0.161. The molecule has 2 unspecified atom stereocenters. The summed E-state index contributed by atoms with van der Waals surface area (Å²) < 4.78 is 31.8. The number of carbonyl (C=O) groups excluding carboxylic acids is 2. The van der Waals surface area contributed by atoms with Crippen molar-refractivity contribution in [3.05, 3.63) is 12.2 Å². The van der Waals surface area contributed by atoms with Crippen molar-refractivity contribution in [3.8, 4) is 0 Å². The van der Waals surface area contributed by atoms with Crippen molar-refractivity contribution in [2.24, 2.45) is 0 Å². The van der Waals surface area contributed by atoms with Crippen molar-refractivity contribution in [3.63, 3.8) is 0 Å². The van der Waals surface area contributed by atoms with E-state index in [-0.39, 0.29) is 19.0 Å². The van der Waals surface area contributed by atoms with E-state index in [1.54, 1.807) is 0 Å². The van der Waals surface area contributed by atoms with Crippen molar-refractivity contribution in [2.45, 2.75) is 180 Å². The number of esters is 2. The molecule has 0 aliphatic rings. The minimum atomic E-state index is -4.25. The second-order valence-corrected chi connectivity index (χ2v) is 13.6. The number of phosphoric ester groups is 1. The summed E-state index contributed by atoms with van der Waals surface area (Å²) in [6.45, 7) is 3.83. The van der Waals surface area contributed by atoms with Gasteiger partial charge < -0.3 is 14.4 Å². The Morgan fingerprint density at radius 2 is 1.05 bits per heavy atom. The number of allylic oxidation sites excluding steroid dienone is 2. The molecule has 0 aromatic carbocycles. The van der Waals surface area contributed by atoms with Gasteiger partial charge in [-0.3, -0.25) is 18.6 Å². The van der Waals surface area contributed by atoms with Gasteiger partial charge in [-0.05, 0) is 32.1 Å². The van der Waals surface area contributed by atoms with Gasteiger partial charge in [0.05, 0.1) is 6.61 Å². The number of hydrogen-bond acceptors (Lipinski definition) is 7. The topological polar surface area (TPSA) is 108 Å². The van der Waals surface area contributed by atoms with E-state index >= 15 is 0 Å². The van der Waals surface area contributed by atoms with E-state index in [9.17, 15) is 19.0 Å². The third-order valence-corrected chi connectivity index (χ3v) is 8.70. The van der Waals surface area contributed by atoms with Crippen molar-refractivity contribution in [1.29, 1.82) is 0 Å². The Labute approximate surface area is 270 Å². The Hall–Kier alpha value is -1.21. The average Bonchev–Trinajstić information content (AvgIpc) is 3.01. The van der Waals surface area contributed by atoms with E-state index < -0.39 is 26.5 Å². The summed E-state index contributed by atoms with van der Waals surface area (Å²) in [5.41, 5.74) is 0. The van der Waals surface area contributed by atoms with Crippen LogP contribution in [-0.2, 0) is 32.7 Å². The summed E-state index contributed by atoms with van der Waals surface area (Å²) in [6.07, 6.45) is 31.2. The zero-order valence-corrected chi connectivity index (χ0v) is 29.5. The monoisotopic (exact) mass is 646 g/mol. The zero-order valence-electron chi connectivity index (χ0n) is 28.6. The van der Waals surface area contributed by atoms with Crippen molar-refractivity contribution < 1.29 is 37.6 Å². The van der Waals surface area contributed by atoms with Crippen LogP contribution in [0.1, 0.15) is 174 Å². The second-order valence-electron chi connectivity index (χ2n) is 12.0. The van der Waals surface area contributed by atoms with Gasteiger partial charge in [-0.2, -0.15) is 0 Å². The first kappa shape index (κ1) is 42.8. The molecule has 8 nitrogen and oxygen atoms in total. The smallest absolute Gasteiger partial charge is 0.462 e. The number of unbranched alkanes of at least 4 members (excludes halogenated alkanes) is 20. The molecule has 0 aliphatic carbocycles. The Bertz CT molecular complexity index is 742. The largest absolute Gasteiger partial charge is 0.472 e. The lowest BCUT2D eigenvalue weighted by atomic mass is 10.0. The number of ether oxygens (including phenoxy) is 2. The van der Waals surface area contributed by atoms with Gasteiger partial charge >= 0.3 is 19.8 Å². The Balaban J connectivity index is 4.06. The van der Waals surface area contributed by atoms with E-state index in [0.29, 0.717) is 12.8 Å². The number of carbonyl (C=O) groups is 2. The first-order chi connectivity index (χ1) is 21.3. The number of phosphoric acid groups is 1. The zero-order chi connectivity index (χ0) is 32.6. The lowest BCUT2D eigenvalue weighted by Crippen LogP contribution is -2.29.